The summed E-state index contributed by atoms with van der Waals surface area (Å²) in [5.74, 6) is -1.62. The van der Waals surface area contributed by atoms with Crippen LogP contribution < -0.4 is 5.32 Å². The summed E-state index contributed by atoms with van der Waals surface area (Å²) < 4.78 is 16.2. The number of carbonyl (C=O) groups excluding carboxylic acids is 3. The maximum atomic E-state index is 12.3. The van der Waals surface area contributed by atoms with Gasteiger partial charge < -0.3 is 4.90 Å². The molecule has 3 rings (SSSR count). The number of fused-ring (bicyclic) bond motifs is 1. The molecule has 1 fully saturated rings. The third-order valence-corrected chi connectivity index (χ3v) is 3.03. The number of rotatable bonds is 1. The SMILES string of the molecule is [2H]C1([2H])c2ccncc2C(=O)N1C1CCC(=O)NC1=O. The summed E-state index contributed by atoms with van der Waals surface area (Å²) in [4.78, 5) is 40.1. The molecule has 0 bridgehead atoms. The molecule has 1 saturated heterocycles. The summed E-state index contributed by atoms with van der Waals surface area (Å²) in [7, 11) is 0. The molecule has 0 aliphatic carbocycles. The van der Waals surface area contributed by atoms with Crippen LogP contribution in [0.15, 0.2) is 18.5 Å². The fourth-order valence-electron chi connectivity index (χ4n) is 2.12. The van der Waals surface area contributed by atoms with Crippen molar-refractivity contribution in [3.63, 3.8) is 0 Å². The number of aromatic nitrogens is 1. The molecule has 1 aromatic rings. The summed E-state index contributed by atoms with van der Waals surface area (Å²) in [6.45, 7) is -2.09. The van der Waals surface area contributed by atoms with Gasteiger partial charge in [-0.25, -0.2) is 0 Å². The van der Waals surface area contributed by atoms with Crippen LogP contribution in [0.3, 0.4) is 0 Å². The van der Waals surface area contributed by atoms with E-state index in [0.29, 0.717) is 0 Å². The largest absolute Gasteiger partial charge is 0.322 e. The molecule has 0 aromatic carbocycles. The molecule has 3 heterocycles. The Morgan fingerprint density at radius 3 is 3.00 bits per heavy atom. The maximum absolute atomic E-state index is 12.3. The van der Waals surface area contributed by atoms with Gasteiger partial charge in [0.05, 0.1) is 8.30 Å². The zero-order chi connectivity index (χ0) is 14.5. The first-order valence-corrected chi connectivity index (χ1v) is 5.55. The van der Waals surface area contributed by atoms with Gasteiger partial charge in [0, 0.05) is 25.3 Å². The highest BCUT2D eigenvalue weighted by Crippen LogP contribution is 2.26. The molecule has 0 radical (unpaired) electrons. The maximum Gasteiger partial charge on any atom is 0.256 e. The Bertz CT molecular complexity index is 632. The van der Waals surface area contributed by atoms with Crippen molar-refractivity contribution < 1.29 is 17.1 Å². The Morgan fingerprint density at radius 2 is 2.28 bits per heavy atom. The van der Waals surface area contributed by atoms with Crippen LogP contribution in [0, 0.1) is 0 Å². The molecule has 0 saturated carbocycles. The predicted molar refractivity (Wildman–Crippen MR) is 60.3 cm³/mol. The first-order chi connectivity index (χ1) is 9.43. The van der Waals surface area contributed by atoms with Crippen molar-refractivity contribution in [2.75, 3.05) is 0 Å². The Labute approximate surface area is 106 Å². The molecular weight excluding hydrogens is 234 g/mol. The van der Waals surface area contributed by atoms with Crippen LogP contribution in [0.25, 0.3) is 0 Å². The van der Waals surface area contributed by atoms with Crippen molar-refractivity contribution >= 4 is 17.7 Å². The third-order valence-electron chi connectivity index (χ3n) is 3.03. The highest BCUT2D eigenvalue weighted by Gasteiger charge is 2.38. The van der Waals surface area contributed by atoms with Crippen LogP contribution in [-0.2, 0) is 16.1 Å². The second kappa shape index (κ2) is 3.90. The van der Waals surface area contributed by atoms with Gasteiger partial charge in [0.1, 0.15) is 6.04 Å². The highest BCUT2D eigenvalue weighted by atomic mass is 16.2. The third kappa shape index (κ3) is 1.57. The van der Waals surface area contributed by atoms with E-state index in [-0.39, 0.29) is 24.0 Å². The van der Waals surface area contributed by atoms with Gasteiger partial charge >= 0.3 is 0 Å². The quantitative estimate of drug-likeness (QED) is 0.699. The molecule has 0 spiro atoms. The lowest BCUT2D eigenvalue weighted by molar-refractivity contribution is -0.136. The normalized spacial score (nSPS) is 27.4. The van der Waals surface area contributed by atoms with E-state index >= 15 is 0 Å². The lowest BCUT2D eigenvalue weighted by Gasteiger charge is -2.29. The molecule has 6 heteroatoms. The number of carbonyl (C=O) groups is 3. The summed E-state index contributed by atoms with van der Waals surface area (Å²) >= 11 is 0. The predicted octanol–water partition coefficient (Wildman–Crippen LogP) is -0.157. The van der Waals surface area contributed by atoms with Crippen LogP contribution in [0.2, 0.25) is 0 Å². The van der Waals surface area contributed by atoms with E-state index in [9.17, 15) is 14.4 Å². The molecule has 1 aromatic heterocycles. The minimum atomic E-state index is -2.09. The lowest BCUT2D eigenvalue weighted by Crippen LogP contribution is -2.52. The minimum Gasteiger partial charge on any atom is -0.322 e. The van der Waals surface area contributed by atoms with Gasteiger partial charge in [0.25, 0.3) is 5.91 Å². The van der Waals surface area contributed by atoms with Gasteiger partial charge in [0.15, 0.2) is 0 Å². The fraction of sp³-hybridized carbons (Fsp3) is 0.333. The van der Waals surface area contributed by atoms with E-state index in [1.807, 2.05) is 0 Å². The molecule has 6 nitrogen and oxygen atoms in total. The first kappa shape index (κ1) is 8.79. The van der Waals surface area contributed by atoms with Crippen LogP contribution in [0.5, 0.6) is 0 Å². The van der Waals surface area contributed by atoms with Crippen molar-refractivity contribution in [1.82, 2.24) is 15.2 Å². The second-order valence-corrected chi connectivity index (χ2v) is 4.18. The van der Waals surface area contributed by atoms with Crippen LogP contribution in [0.4, 0.5) is 0 Å². The molecule has 2 aliphatic rings. The topological polar surface area (TPSA) is 79.4 Å². The van der Waals surface area contributed by atoms with Gasteiger partial charge in [-0.15, -0.1) is 0 Å². The molecule has 1 unspecified atom stereocenters. The smallest absolute Gasteiger partial charge is 0.256 e. The van der Waals surface area contributed by atoms with E-state index in [2.05, 4.69) is 10.3 Å². The Hall–Kier alpha value is -2.24. The van der Waals surface area contributed by atoms with Crippen molar-refractivity contribution in [3.05, 3.63) is 29.6 Å². The second-order valence-electron chi connectivity index (χ2n) is 4.18. The van der Waals surface area contributed by atoms with Gasteiger partial charge in [-0.3, -0.25) is 24.7 Å². The van der Waals surface area contributed by atoms with Gasteiger partial charge in [-0.1, -0.05) is 0 Å². The van der Waals surface area contributed by atoms with Crippen LogP contribution in [0.1, 0.15) is 31.5 Å². The molecule has 3 amide bonds. The monoisotopic (exact) mass is 247 g/mol. The van der Waals surface area contributed by atoms with Crippen LogP contribution in [-0.4, -0.2) is 33.6 Å². The number of hydrogen-bond donors (Lipinski definition) is 1. The molecule has 1 atom stereocenters. The van der Waals surface area contributed by atoms with Gasteiger partial charge in [0.2, 0.25) is 11.8 Å². The number of pyridine rings is 1. The number of nitrogens with one attached hydrogen (secondary N) is 1. The summed E-state index contributed by atoms with van der Waals surface area (Å²) in [6, 6.07) is 0.446. The van der Waals surface area contributed by atoms with E-state index in [4.69, 9.17) is 2.74 Å². The number of imide groups is 1. The van der Waals surface area contributed by atoms with Crippen molar-refractivity contribution in [1.29, 1.82) is 0 Å². The molecule has 1 N–H and O–H groups in total. The molecule has 18 heavy (non-hydrogen) atoms. The van der Waals surface area contributed by atoms with Gasteiger partial charge in [-0.2, -0.15) is 0 Å². The zero-order valence-electron chi connectivity index (χ0n) is 11.3. The fourth-order valence-corrected chi connectivity index (χ4v) is 2.12. The number of piperidine rings is 1. The standard InChI is InChI=1S/C12H11N3O3/c16-10-2-1-9(11(17)14-10)15-6-7-3-4-13-5-8(7)12(15)18/h3-5,9H,1-2,6H2,(H,14,16,17)/i6D2. The van der Waals surface area contributed by atoms with E-state index in [0.717, 1.165) is 4.90 Å². The average Bonchev–Trinajstić information content (AvgIpc) is 2.60. The number of amides is 3. The first-order valence-electron chi connectivity index (χ1n) is 6.55. The summed E-state index contributed by atoms with van der Waals surface area (Å²) in [5.41, 5.74) is 0.351. The minimum absolute atomic E-state index is 0.0882. The average molecular weight is 247 g/mol. The molecular formula is C12H11N3O3. The van der Waals surface area contributed by atoms with E-state index in [1.165, 1.54) is 18.5 Å². The van der Waals surface area contributed by atoms with Gasteiger partial charge in [-0.05, 0) is 18.1 Å². The van der Waals surface area contributed by atoms with Crippen LogP contribution >= 0.6 is 0 Å². The Morgan fingerprint density at radius 1 is 1.44 bits per heavy atom. The summed E-state index contributed by atoms with van der Waals surface area (Å²) in [5, 5.41) is 2.14. The molecule has 2 aliphatic heterocycles. The summed E-state index contributed by atoms with van der Waals surface area (Å²) in [6.07, 6.45) is 2.90. The Balaban J connectivity index is 2.02. The van der Waals surface area contributed by atoms with Crippen molar-refractivity contribution in [2.45, 2.75) is 25.4 Å². The lowest BCUT2D eigenvalue weighted by atomic mass is 10.0. The van der Waals surface area contributed by atoms with Crippen molar-refractivity contribution in [2.24, 2.45) is 0 Å². The van der Waals surface area contributed by atoms with E-state index < -0.39 is 30.3 Å². The van der Waals surface area contributed by atoms with E-state index in [1.54, 1.807) is 0 Å². The number of hydrogen-bond acceptors (Lipinski definition) is 4. The van der Waals surface area contributed by atoms with Crippen molar-refractivity contribution in [3.8, 4) is 0 Å². The number of nitrogens with zero attached hydrogens (tertiary/aromatic N) is 2. The Kier molecular flexibility index (Phi) is 1.91. The molecule has 92 valence electrons. The highest BCUT2D eigenvalue weighted by molar-refractivity contribution is 6.05. The zero-order valence-corrected chi connectivity index (χ0v) is 9.34.